The van der Waals surface area contributed by atoms with Crippen molar-refractivity contribution in [2.45, 2.75) is 13.1 Å². The van der Waals surface area contributed by atoms with E-state index >= 15 is 0 Å². The highest BCUT2D eigenvalue weighted by atomic mass is 79.9. The lowest BCUT2D eigenvalue weighted by atomic mass is 10.1. The maximum absolute atomic E-state index is 3.56. The molecule has 0 spiro atoms. The molecule has 0 amide bonds. The van der Waals surface area contributed by atoms with Crippen LogP contribution in [0.1, 0.15) is 11.1 Å². The minimum atomic E-state index is 0.997. The highest BCUT2D eigenvalue weighted by Crippen LogP contribution is 2.25. The third kappa shape index (κ3) is 3.17. The van der Waals surface area contributed by atoms with Gasteiger partial charge >= 0.3 is 0 Å². The van der Waals surface area contributed by atoms with E-state index in [1.54, 1.807) is 0 Å². The lowest BCUT2D eigenvalue weighted by Crippen LogP contribution is -2.25. The van der Waals surface area contributed by atoms with Crippen LogP contribution >= 0.6 is 15.9 Å². The maximum atomic E-state index is 3.56. The summed E-state index contributed by atoms with van der Waals surface area (Å²) in [4.78, 5) is 2.49. The Morgan fingerprint density at radius 1 is 1.11 bits per heavy atom. The summed E-state index contributed by atoms with van der Waals surface area (Å²) in [5.41, 5.74) is 4.00. The van der Waals surface area contributed by atoms with Crippen LogP contribution in [0.2, 0.25) is 0 Å². The van der Waals surface area contributed by atoms with Crippen LogP contribution in [-0.4, -0.2) is 18.0 Å². The molecule has 0 radical (unpaired) electrons. The summed E-state index contributed by atoms with van der Waals surface area (Å²) in [6, 6.07) is 17.1. The zero-order valence-electron chi connectivity index (χ0n) is 10.8. The van der Waals surface area contributed by atoms with E-state index in [9.17, 15) is 0 Å². The van der Waals surface area contributed by atoms with Gasteiger partial charge in [-0.1, -0.05) is 46.3 Å². The van der Waals surface area contributed by atoms with Gasteiger partial charge in [0.15, 0.2) is 0 Å². The molecule has 2 nitrogen and oxygen atoms in total. The first-order chi connectivity index (χ1) is 9.31. The van der Waals surface area contributed by atoms with Gasteiger partial charge in [0, 0.05) is 36.3 Å². The Kier molecular flexibility index (Phi) is 3.85. The summed E-state index contributed by atoms with van der Waals surface area (Å²) in [7, 11) is 0. The first kappa shape index (κ1) is 12.7. The molecular formula is C16H17BrN2. The Bertz CT molecular complexity index is 554. The van der Waals surface area contributed by atoms with Crippen LogP contribution in [0.3, 0.4) is 0 Å². The number of benzene rings is 2. The molecule has 0 bridgehead atoms. The predicted molar refractivity (Wildman–Crippen MR) is 83.2 cm³/mol. The molecule has 3 heteroatoms. The second kappa shape index (κ2) is 5.76. The molecule has 1 N–H and O–H groups in total. The molecule has 0 atom stereocenters. The van der Waals surface area contributed by atoms with Crippen molar-refractivity contribution in [2.75, 3.05) is 18.4 Å². The van der Waals surface area contributed by atoms with Gasteiger partial charge in [-0.2, -0.15) is 0 Å². The summed E-state index contributed by atoms with van der Waals surface area (Å²) < 4.78 is 1.15. The van der Waals surface area contributed by atoms with Crippen molar-refractivity contribution in [3.8, 4) is 0 Å². The molecule has 0 saturated carbocycles. The molecule has 0 aliphatic carbocycles. The molecule has 1 aliphatic heterocycles. The molecule has 1 aliphatic rings. The van der Waals surface area contributed by atoms with Gasteiger partial charge < -0.3 is 5.32 Å². The average molecular weight is 317 g/mol. The molecular weight excluding hydrogens is 300 g/mol. The molecule has 0 unspecified atom stereocenters. The van der Waals surface area contributed by atoms with E-state index in [4.69, 9.17) is 0 Å². The van der Waals surface area contributed by atoms with Crippen molar-refractivity contribution in [1.29, 1.82) is 0 Å². The van der Waals surface area contributed by atoms with E-state index in [0.29, 0.717) is 0 Å². The second-order valence-electron chi connectivity index (χ2n) is 4.92. The number of anilines is 1. The van der Waals surface area contributed by atoms with E-state index in [-0.39, 0.29) is 0 Å². The number of halogens is 1. The second-order valence-corrected chi connectivity index (χ2v) is 5.84. The van der Waals surface area contributed by atoms with Crippen LogP contribution < -0.4 is 5.32 Å². The highest BCUT2D eigenvalue weighted by molar-refractivity contribution is 9.10. The van der Waals surface area contributed by atoms with E-state index in [1.807, 2.05) is 0 Å². The standard InChI is InChI=1S/C16H17BrN2/c17-15-6-7-16-14(10-15)12-19(9-8-18-16)11-13-4-2-1-3-5-13/h1-7,10,18H,8-9,11-12H2. The maximum Gasteiger partial charge on any atom is 0.0387 e. The minimum absolute atomic E-state index is 0.997. The van der Waals surface area contributed by atoms with Gasteiger partial charge in [0.1, 0.15) is 0 Å². The van der Waals surface area contributed by atoms with E-state index < -0.39 is 0 Å². The molecule has 1 heterocycles. The number of nitrogens with zero attached hydrogens (tertiary/aromatic N) is 1. The summed E-state index contributed by atoms with van der Waals surface area (Å²) in [6.07, 6.45) is 0. The number of hydrogen-bond donors (Lipinski definition) is 1. The van der Waals surface area contributed by atoms with Crippen LogP contribution in [0.4, 0.5) is 5.69 Å². The van der Waals surface area contributed by atoms with Crippen molar-refractivity contribution >= 4 is 21.6 Å². The Labute approximate surface area is 122 Å². The van der Waals surface area contributed by atoms with Crippen molar-refractivity contribution < 1.29 is 0 Å². The van der Waals surface area contributed by atoms with Gasteiger partial charge in [-0.15, -0.1) is 0 Å². The summed E-state index contributed by atoms with van der Waals surface area (Å²) >= 11 is 3.56. The molecule has 19 heavy (non-hydrogen) atoms. The van der Waals surface area contributed by atoms with Gasteiger partial charge in [0.2, 0.25) is 0 Å². The van der Waals surface area contributed by atoms with Crippen LogP contribution in [-0.2, 0) is 13.1 Å². The first-order valence-electron chi connectivity index (χ1n) is 6.60. The smallest absolute Gasteiger partial charge is 0.0387 e. The fourth-order valence-corrected chi connectivity index (χ4v) is 2.92. The van der Waals surface area contributed by atoms with E-state index in [1.165, 1.54) is 16.8 Å². The Hall–Kier alpha value is -1.32. The SMILES string of the molecule is Brc1ccc2c(c1)CN(Cc1ccccc1)CCN2. The number of rotatable bonds is 2. The van der Waals surface area contributed by atoms with Crippen LogP contribution in [0.5, 0.6) is 0 Å². The van der Waals surface area contributed by atoms with Gasteiger partial charge in [-0.25, -0.2) is 0 Å². The molecule has 2 aromatic carbocycles. The summed E-state index contributed by atoms with van der Waals surface area (Å²) in [5.74, 6) is 0. The van der Waals surface area contributed by atoms with Gasteiger partial charge in [-0.3, -0.25) is 4.90 Å². The molecule has 98 valence electrons. The fraction of sp³-hybridized carbons (Fsp3) is 0.250. The summed E-state index contributed by atoms with van der Waals surface area (Å²) in [5, 5.41) is 3.51. The van der Waals surface area contributed by atoms with Gasteiger partial charge in [0.05, 0.1) is 0 Å². The molecule has 3 rings (SSSR count). The highest BCUT2D eigenvalue weighted by Gasteiger charge is 2.14. The monoisotopic (exact) mass is 316 g/mol. The molecule has 0 fully saturated rings. The molecule has 0 saturated heterocycles. The number of nitrogens with one attached hydrogen (secondary N) is 1. The fourth-order valence-electron chi connectivity index (χ4n) is 2.51. The Morgan fingerprint density at radius 2 is 1.95 bits per heavy atom. The van der Waals surface area contributed by atoms with Crippen LogP contribution in [0.25, 0.3) is 0 Å². The normalized spacial score (nSPS) is 15.4. The van der Waals surface area contributed by atoms with Crippen LogP contribution in [0.15, 0.2) is 53.0 Å². The van der Waals surface area contributed by atoms with E-state index in [2.05, 4.69) is 74.7 Å². The average Bonchev–Trinajstić information content (AvgIpc) is 2.61. The van der Waals surface area contributed by atoms with Crippen molar-refractivity contribution in [3.63, 3.8) is 0 Å². The Balaban J connectivity index is 1.78. The van der Waals surface area contributed by atoms with Crippen LogP contribution in [0, 0.1) is 0 Å². The van der Waals surface area contributed by atoms with Crippen molar-refractivity contribution in [3.05, 3.63) is 64.1 Å². The first-order valence-corrected chi connectivity index (χ1v) is 7.39. The van der Waals surface area contributed by atoms with Gasteiger partial charge in [0.25, 0.3) is 0 Å². The zero-order valence-corrected chi connectivity index (χ0v) is 12.4. The van der Waals surface area contributed by atoms with Crippen molar-refractivity contribution in [1.82, 2.24) is 4.90 Å². The minimum Gasteiger partial charge on any atom is -0.383 e. The number of fused-ring (bicyclic) bond motifs is 1. The van der Waals surface area contributed by atoms with E-state index in [0.717, 1.165) is 30.7 Å². The van der Waals surface area contributed by atoms with Crippen molar-refractivity contribution in [2.24, 2.45) is 0 Å². The quantitative estimate of drug-likeness (QED) is 0.904. The Morgan fingerprint density at radius 3 is 2.79 bits per heavy atom. The number of hydrogen-bond acceptors (Lipinski definition) is 2. The third-order valence-corrected chi connectivity index (χ3v) is 3.95. The predicted octanol–water partition coefficient (Wildman–Crippen LogP) is 3.88. The molecule has 0 aromatic heterocycles. The lowest BCUT2D eigenvalue weighted by Gasteiger charge is -2.20. The van der Waals surface area contributed by atoms with Gasteiger partial charge in [-0.05, 0) is 29.3 Å². The third-order valence-electron chi connectivity index (χ3n) is 3.45. The molecule has 2 aromatic rings. The topological polar surface area (TPSA) is 15.3 Å². The zero-order chi connectivity index (χ0) is 13.1. The lowest BCUT2D eigenvalue weighted by molar-refractivity contribution is 0.272. The largest absolute Gasteiger partial charge is 0.383 e. The summed E-state index contributed by atoms with van der Waals surface area (Å²) in [6.45, 7) is 4.08.